The number of aromatic amines is 1. The van der Waals surface area contributed by atoms with Gasteiger partial charge in [-0.3, -0.25) is 9.59 Å². The molecule has 6 nitrogen and oxygen atoms in total. The van der Waals surface area contributed by atoms with Gasteiger partial charge in [-0.25, -0.2) is 9.97 Å². The van der Waals surface area contributed by atoms with Crippen LogP contribution in [-0.4, -0.2) is 25.8 Å². The number of thiazole rings is 1. The van der Waals surface area contributed by atoms with Crippen LogP contribution >= 0.6 is 11.3 Å². The van der Waals surface area contributed by atoms with Gasteiger partial charge < -0.3 is 9.88 Å². The third kappa shape index (κ3) is 2.03. The van der Waals surface area contributed by atoms with E-state index in [1.165, 1.54) is 11.3 Å². The summed E-state index contributed by atoms with van der Waals surface area (Å²) in [5.41, 5.74) is 1.58. The number of H-pyrrole nitrogens is 1. The van der Waals surface area contributed by atoms with E-state index in [2.05, 4.69) is 15.0 Å². The van der Waals surface area contributed by atoms with Gasteiger partial charge in [0.05, 0.1) is 29.4 Å². The molecule has 104 valence electrons. The minimum atomic E-state index is -0.158. The molecule has 0 atom stereocenters. The van der Waals surface area contributed by atoms with Crippen molar-refractivity contribution in [1.29, 1.82) is 0 Å². The maximum Gasteiger partial charge on any atom is 0.274 e. The molecule has 0 unspecified atom stereocenters. The quantitative estimate of drug-likeness (QED) is 0.858. The highest BCUT2D eigenvalue weighted by Gasteiger charge is 2.29. The smallest absolute Gasteiger partial charge is 0.274 e. The molecule has 20 heavy (non-hydrogen) atoms. The second kappa shape index (κ2) is 4.52. The summed E-state index contributed by atoms with van der Waals surface area (Å²) in [6, 6.07) is 0. The van der Waals surface area contributed by atoms with Crippen molar-refractivity contribution in [2.45, 2.75) is 33.9 Å². The molecule has 0 spiro atoms. The summed E-state index contributed by atoms with van der Waals surface area (Å²) in [6.45, 7) is 6.17. The lowest BCUT2D eigenvalue weighted by molar-refractivity contribution is 0.0744. The molecule has 2 aromatic rings. The van der Waals surface area contributed by atoms with Crippen LogP contribution in [0.3, 0.4) is 0 Å². The zero-order valence-electron chi connectivity index (χ0n) is 11.5. The average Bonchev–Trinajstić information content (AvgIpc) is 2.92. The van der Waals surface area contributed by atoms with E-state index < -0.39 is 0 Å². The van der Waals surface area contributed by atoms with Crippen molar-refractivity contribution < 1.29 is 4.79 Å². The van der Waals surface area contributed by atoms with Crippen LogP contribution in [0.4, 0.5) is 0 Å². The first-order valence-electron chi connectivity index (χ1n) is 6.27. The number of rotatable bonds is 1. The number of nitrogens with zero attached hydrogens (tertiary/aromatic N) is 3. The lowest BCUT2D eigenvalue weighted by Crippen LogP contribution is -2.27. The van der Waals surface area contributed by atoms with Crippen LogP contribution in [0.2, 0.25) is 0 Å². The first-order valence-corrected chi connectivity index (χ1v) is 7.09. The van der Waals surface area contributed by atoms with Crippen molar-refractivity contribution >= 4 is 17.2 Å². The monoisotopic (exact) mass is 290 g/mol. The van der Waals surface area contributed by atoms with Gasteiger partial charge in [-0.15, -0.1) is 11.3 Å². The van der Waals surface area contributed by atoms with E-state index in [-0.39, 0.29) is 11.5 Å². The number of fused-ring (bicyclic) bond motifs is 1. The summed E-state index contributed by atoms with van der Waals surface area (Å²) in [5, 5.41) is 0.870. The van der Waals surface area contributed by atoms with Crippen molar-refractivity contribution in [2.75, 3.05) is 0 Å². The standard InChI is InChI=1S/C13H14N4O2S/c1-6-11(16-8(3)20-6)13(19)17-4-9-10(5-17)14-7(2)15-12(9)18/h4-5H2,1-3H3,(H,14,15,18). The summed E-state index contributed by atoms with van der Waals surface area (Å²) < 4.78 is 0. The predicted molar refractivity (Wildman–Crippen MR) is 74.8 cm³/mol. The van der Waals surface area contributed by atoms with E-state index in [1.807, 2.05) is 13.8 Å². The molecular weight excluding hydrogens is 276 g/mol. The number of carbonyl (C=O) groups is 1. The van der Waals surface area contributed by atoms with E-state index in [0.29, 0.717) is 35.9 Å². The zero-order chi connectivity index (χ0) is 14.4. The van der Waals surface area contributed by atoms with Crippen molar-refractivity contribution in [1.82, 2.24) is 19.9 Å². The molecule has 1 amide bonds. The maximum absolute atomic E-state index is 12.5. The number of carbonyl (C=O) groups excluding carboxylic acids is 1. The minimum Gasteiger partial charge on any atom is -0.327 e. The van der Waals surface area contributed by atoms with E-state index in [9.17, 15) is 9.59 Å². The number of amides is 1. The lowest BCUT2D eigenvalue weighted by atomic mass is 10.3. The highest BCUT2D eigenvalue weighted by molar-refractivity contribution is 7.11. The molecule has 0 saturated heterocycles. The summed E-state index contributed by atoms with van der Waals surface area (Å²) in [7, 11) is 0. The normalized spacial score (nSPS) is 13.7. The van der Waals surface area contributed by atoms with Gasteiger partial charge in [0, 0.05) is 4.88 Å². The molecule has 0 bridgehead atoms. The molecule has 0 radical (unpaired) electrons. The van der Waals surface area contributed by atoms with Gasteiger partial charge in [0.1, 0.15) is 11.5 Å². The highest BCUT2D eigenvalue weighted by Crippen LogP contribution is 2.23. The van der Waals surface area contributed by atoms with Gasteiger partial charge in [0.25, 0.3) is 11.5 Å². The summed E-state index contributed by atoms with van der Waals surface area (Å²) in [5.74, 6) is 0.436. The molecule has 1 aliphatic rings. The van der Waals surface area contributed by atoms with Crippen LogP contribution < -0.4 is 5.56 Å². The van der Waals surface area contributed by atoms with Crippen LogP contribution in [0.15, 0.2) is 4.79 Å². The van der Waals surface area contributed by atoms with Crippen molar-refractivity contribution in [3.63, 3.8) is 0 Å². The van der Waals surface area contributed by atoms with Crippen LogP contribution in [0, 0.1) is 20.8 Å². The number of hydrogen-bond donors (Lipinski definition) is 1. The average molecular weight is 290 g/mol. The zero-order valence-corrected chi connectivity index (χ0v) is 12.3. The first kappa shape index (κ1) is 13.0. The molecule has 3 heterocycles. The topological polar surface area (TPSA) is 79.0 Å². The van der Waals surface area contributed by atoms with Gasteiger partial charge >= 0.3 is 0 Å². The molecule has 0 aromatic carbocycles. The SMILES string of the molecule is Cc1nc2c(c(=O)[nH]1)CN(C(=O)c1nc(C)sc1C)C2. The van der Waals surface area contributed by atoms with Gasteiger partial charge in [0.2, 0.25) is 0 Å². The maximum atomic E-state index is 12.5. The lowest BCUT2D eigenvalue weighted by Gasteiger charge is -2.13. The van der Waals surface area contributed by atoms with Crippen molar-refractivity contribution in [2.24, 2.45) is 0 Å². The number of aryl methyl sites for hydroxylation is 3. The second-order valence-corrected chi connectivity index (χ2v) is 6.28. The summed E-state index contributed by atoms with van der Waals surface area (Å²) in [6.07, 6.45) is 0. The van der Waals surface area contributed by atoms with Crippen LogP contribution in [0.1, 0.15) is 37.5 Å². The van der Waals surface area contributed by atoms with Crippen LogP contribution in [0.5, 0.6) is 0 Å². The number of aromatic nitrogens is 3. The van der Waals surface area contributed by atoms with Gasteiger partial charge in [-0.2, -0.15) is 0 Å². The Kier molecular flexibility index (Phi) is 2.93. The van der Waals surface area contributed by atoms with E-state index in [0.717, 1.165) is 9.88 Å². The molecule has 1 aliphatic heterocycles. The molecule has 3 rings (SSSR count). The van der Waals surface area contributed by atoms with Crippen molar-refractivity contribution in [3.8, 4) is 0 Å². The minimum absolute atomic E-state index is 0.137. The fraction of sp³-hybridized carbons (Fsp3) is 0.385. The van der Waals surface area contributed by atoms with E-state index >= 15 is 0 Å². The Morgan fingerprint density at radius 1 is 1.25 bits per heavy atom. The summed E-state index contributed by atoms with van der Waals surface area (Å²) in [4.78, 5) is 38.1. The molecule has 1 N–H and O–H groups in total. The molecule has 0 fully saturated rings. The third-order valence-corrected chi connectivity index (χ3v) is 4.19. The van der Waals surface area contributed by atoms with E-state index in [1.54, 1.807) is 11.8 Å². The Balaban J connectivity index is 1.92. The Morgan fingerprint density at radius 2 is 2.00 bits per heavy atom. The predicted octanol–water partition coefficient (Wildman–Crippen LogP) is 1.31. The molecule has 0 aliphatic carbocycles. The largest absolute Gasteiger partial charge is 0.327 e. The van der Waals surface area contributed by atoms with E-state index in [4.69, 9.17) is 0 Å². The fourth-order valence-corrected chi connectivity index (χ4v) is 3.22. The highest BCUT2D eigenvalue weighted by atomic mass is 32.1. The molecule has 0 saturated carbocycles. The second-order valence-electron chi connectivity index (χ2n) is 4.88. The molecule has 2 aromatic heterocycles. The third-order valence-electron chi connectivity index (χ3n) is 3.30. The molecule has 7 heteroatoms. The Morgan fingerprint density at radius 3 is 2.65 bits per heavy atom. The Labute approximate surface area is 119 Å². The summed E-state index contributed by atoms with van der Waals surface area (Å²) >= 11 is 1.50. The number of nitrogens with one attached hydrogen (secondary N) is 1. The van der Waals surface area contributed by atoms with Crippen molar-refractivity contribution in [3.05, 3.63) is 43.0 Å². The molecular formula is C13H14N4O2S. The fourth-order valence-electron chi connectivity index (χ4n) is 2.41. The Hall–Kier alpha value is -2.02. The van der Waals surface area contributed by atoms with Gasteiger partial charge in [0.15, 0.2) is 0 Å². The van der Waals surface area contributed by atoms with Gasteiger partial charge in [-0.1, -0.05) is 0 Å². The Bertz CT molecular complexity index is 762. The van der Waals surface area contributed by atoms with Crippen LogP contribution in [0.25, 0.3) is 0 Å². The van der Waals surface area contributed by atoms with Gasteiger partial charge in [-0.05, 0) is 20.8 Å². The number of hydrogen-bond acceptors (Lipinski definition) is 5. The van der Waals surface area contributed by atoms with Crippen LogP contribution in [-0.2, 0) is 13.1 Å². The first-order chi connectivity index (χ1) is 9.45.